The molecule has 0 radical (unpaired) electrons. The van der Waals surface area contributed by atoms with Gasteiger partial charge in [0, 0.05) is 13.1 Å². The Kier molecular flexibility index (Phi) is 5.93. The Bertz CT molecular complexity index is 754. The summed E-state index contributed by atoms with van der Waals surface area (Å²) in [6.45, 7) is -2.73. The normalized spacial score (nSPS) is 18.1. The molecule has 1 heterocycles. The summed E-state index contributed by atoms with van der Waals surface area (Å²) in [5, 5.41) is 0. The van der Waals surface area contributed by atoms with Crippen LogP contribution in [0.3, 0.4) is 0 Å². The zero-order valence-electron chi connectivity index (χ0n) is 13.4. The number of amides is 2. The van der Waals surface area contributed by atoms with Crippen LogP contribution in [0.2, 0.25) is 0 Å². The van der Waals surface area contributed by atoms with E-state index >= 15 is 0 Å². The molecule has 1 N–H and O–H groups in total. The first kappa shape index (κ1) is 19.1. The second-order valence-corrected chi connectivity index (χ2v) is 7.45. The third kappa shape index (κ3) is 5.38. The fraction of sp³-hybridized carbons (Fsp3) is 0.467. The van der Waals surface area contributed by atoms with Crippen LogP contribution in [-0.2, 0) is 14.8 Å². The van der Waals surface area contributed by atoms with E-state index in [1.807, 2.05) is 4.72 Å². The van der Waals surface area contributed by atoms with Crippen LogP contribution in [-0.4, -0.2) is 51.1 Å². The molecule has 1 saturated heterocycles. The minimum Gasteiger partial charge on any atom is -0.434 e. The summed E-state index contributed by atoms with van der Waals surface area (Å²) in [5.74, 6) is -2.16. The van der Waals surface area contributed by atoms with Gasteiger partial charge in [0.05, 0.1) is 17.7 Å². The number of sulfonamides is 1. The van der Waals surface area contributed by atoms with E-state index in [1.54, 1.807) is 0 Å². The maximum Gasteiger partial charge on any atom is 0.387 e. The Labute approximate surface area is 144 Å². The van der Waals surface area contributed by atoms with Crippen LogP contribution in [0.1, 0.15) is 23.2 Å². The average molecular weight is 376 g/mol. The van der Waals surface area contributed by atoms with Crippen molar-refractivity contribution in [2.75, 3.05) is 19.3 Å². The van der Waals surface area contributed by atoms with E-state index in [9.17, 15) is 26.8 Å². The van der Waals surface area contributed by atoms with Gasteiger partial charge in [0.1, 0.15) is 5.75 Å². The maximum absolute atomic E-state index is 12.6. The third-order valence-electron chi connectivity index (χ3n) is 3.70. The average Bonchev–Trinajstić information content (AvgIpc) is 2.53. The fourth-order valence-electron chi connectivity index (χ4n) is 2.65. The minimum absolute atomic E-state index is 0.00317. The number of hydrogen-bond acceptors (Lipinski definition) is 5. The highest BCUT2D eigenvalue weighted by atomic mass is 32.2. The Morgan fingerprint density at radius 2 is 2.00 bits per heavy atom. The summed E-state index contributed by atoms with van der Waals surface area (Å²) in [7, 11) is -3.69. The highest BCUT2D eigenvalue weighted by Gasteiger charge is 2.31. The SMILES string of the molecule is CS(=O)(=O)NC(=O)C1CCCN(C(=O)c2ccccc2OC(F)F)C1. The van der Waals surface area contributed by atoms with Crippen molar-refractivity contribution >= 4 is 21.8 Å². The molecule has 0 spiro atoms. The maximum atomic E-state index is 12.6. The zero-order chi connectivity index (χ0) is 18.6. The van der Waals surface area contributed by atoms with Crippen LogP contribution < -0.4 is 9.46 Å². The van der Waals surface area contributed by atoms with Gasteiger partial charge in [0.15, 0.2) is 0 Å². The van der Waals surface area contributed by atoms with Crippen LogP contribution in [0.15, 0.2) is 24.3 Å². The summed E-state index contributed by atoms with van der Waals surface area (Å²) < 4.78 is 53.5. The molecule has 0 saturated carbocycles. The number of carbonyl (C=O) groups excluding carboxylic acids is 2. The first-order valence-electron chi connectivity index (χ1n) is 7.52. The van der Waals surface area contributed by atoms with E-state index in [0.29, 0.717) is 19.4 Å². The molecule has 0 aromatic heterocycles. The van der Waals surface area contributed by atoms with Crippen LogP contribution in [0.25, 0.3) is 0 Å². The van der Waals surface area contributed by atoms with Gasteiger partial charge >= 0.3 is 6.61 Å². The zero-order valence-corrected chi connectivity index (χ0v) is 14.3. The van der Waals surface area contributed by atoms with Crippen molar-refractivity contribution in [3.63, 3.8) is 0 Å². The molecule has 1 aromatic carbocycles. The third-order valence-corrected chi connectivity index (χ3v) is 4.27. The number of rotatable bonds is 5. The van der Waals surface area contributed by atoms with Crippen LogP contribution >= 0.6 is 0 Å². The molecule has 1 aliphatic rings. The lowest BCUT2D eigenvalue weighted by Crippen LogP contribution is -2.46. The molecule has 138 valence electrons. The molecular formula is C15H18F2N2O5S. The van der Waals surface area contributed by atoms with E-state index in [2.05, 4.69) is 4.74 Å². The molecule has 1 fully saturated rings. The summed E-state index contributed by atoms with van der Waals surface area (Å²) in [4.78, 5) is 25.9. The molecule has 1 atom stereocenters. The van der Waals surface area contributed by atoms with Gasteiger partial charge in [-0.1, -0.05) is 12.1 Å². The molecule has 0 aliphatic carbocycles. The number of carbonyl (C=O) groups is 2. The van der Waals surface area contributed by atoms with Crippen LogP contribution in [0.4, 0.5) is 8.78 Å². The molecular weight excluding hydrogens is 358 g/mol. The highest BCUT2D eigenvalue weighted by Crippen LogP contribution is 2.25. The van der Waals surface area contributed by atoms with E-state index in [-0.39, 0.29) is 17.9 Å². The molecule has 7 nitrogen and oxygen atoms in total. The van der Waals surface area contributed by atoms with Crippen molar-refractivity contribution in [2.45, 2.75) is 19.5 Å². The van der Waals surface area contributed by atoms with Gasteiger partial charge in [-0.2, -0.15) is 8.78 Å². The highest BCUT2D eigenvalue weighted by molar-refractivity contribution is 7.89. The van der Waals surface area contributed by atoms with Gasteiger partial charge in [-0.3, -0.25) is 14.3 Å². The number of nitrogens with zero attached hydrogens (tertiary/aromatic N) is 1. The number of piperidine rings is 1. The Balaban J connectivity index is 2.13. The number of nitrogens with one attached hydrogen (secondary N) is 1. The van der Waals surface area contributed by atoms with E-state index in [4.69, 9.17) is 0 Å². The largest absolute Gasteiger partial charge is 0.434 e. The number of halogens is 2. The van der Waals surface area contributed by atoms with Gasteiger partial charge in [-0.15, -0.1) is 0 Å². The molecule has 0 bridgehead atoms. The van der Waals surface area contributed by atoms with E-state index < -0.39 is 34.4 Å². The van der Waals surface area contributed by atoms with E-state index in [0.717, 1.165) is 6.26 Å². The van der Waals surface area contributed by atoms with Crippen molar-refractivity contribution in [3.05, 3.63) is 29.8 Å². The number of likely N-dealkylation sites (tertiary alicyclic amines) is 1. The Hall–Kier alpha value is -2.23. The van der Waals surface area contributed by atoms with Gasteiger partial charge in [-0.05, 0) is 25.0 Å². The first-order valence-corrected chi connectivity index (χ1v) is 9.41. The molecule has 2 rings (SSSR count). The fourth-order valence-corrected chi connectivity index (χ4v) is 3.19. The van der Waals surface area contributed by atoms with Crippen molar-refractivity contribution in [2.24, 2.45) is 5.92 Å². The number of ether oxygens (including phenoxy) is 1. The van der Waals surface area contributed by atoms with Gasteiger partial charge in [-0.25, -0.2) is 8.42 Å². The van der Waals surface area contributed by atoms with Gasteiger partial charge in [0.2, 0.25) is 15.9 Å². The molecule has 10 heteroatoms. The van der Waals surface area contributed by atoms with Crippen molar-refractivity contribution < 1.29 is 31.5 Å². The van der Waals surface area contributed by atoms with Crippen LogP contribution in [0, 0.1) is 5.92 Å². The lowest BCUT2D eigenvalue weighted by atomic mass is 9.97. The second-order valence-electron chi connectivity index (χ2n) is 5.70. The Morgan fingerprint density at radius 1 is 1.32 bits per heavy atom. The summed E-state index contributed by atoms with van der Waals surface area (Å²) >= 11 is 0. The summed E-state index contributed by atoms with van der Waals surface area (Å²) in [6, 6.07) is 5.60. The van der Waals surface area contributed by atoms with E-state index in [1.165, 1.54) is 29.2 Å². The van der Waals surface area contributed by atoms with Crippen molar-refractivity contribution in [1.82, 2.24) is 9.62 Å². The molecule has 1 aliphatic heterocycles. The van der Waals surface area contributed by atoms with Crippen molar-refractivity contribution in [3.8, 4) is 5.75 Å². The predicted octanol–water partition coefficient (Wildman–Crippen LogP) is 1.22. The lowest BCUT2D eigenvalue weighted by molar-refractivity contribution is -0.124. The molecule has 1 unspecified atom stereocenters. The number of para-hydroxylation sites is 1. The molecule has 25 heavy (non-hydrogen) atoms. The van der Waals surface area contributed by atoms with Gasteiger partial charge < -0.3 is 9.64 Å². The smallest absolute Gasteiger partial charge is 0.387 e. The minimum atomic E-state index is -3.69. The standard InChI is InChI=1S/C15H18F2N2O5S/c1-25(22,23)18-13(20)10-5-4-8-19(9-10)14(21)11-6-2-3-7-12(11)24-15(16)17/h2-3,6-7,10,15H,4-5,8-9H2,1H3,(H,18,20). The number of benzene rings is 1. The Morgan fingerprint density at radius 3 is 2.64 bits per heavy atom. The lowest BCUT2D eigenvalue weighted by Gasteiger charge is -2.32. The molecule has 2 amide bonds. The second kappa shape index (κ2) is 7.77. The summed E-state index contributed by atoms with van der Waals surface area (Å²) in [6.07, 6.45) is 1.79. The van der Waals surface area contributed by atoms with Crippen molar-refractivity contribution in [1.29, 1.82) is 0 Å². The summed E-state index contributed by atoms with van der Waals surface area (Å²) in [5.41, 5.74) is -0.0352. The predicted molar refractivity (Wildman–Crippen MR) is 84.7 cm³/mol. The monoisotopic (exact) mass is 376 g/mol. The van der Waals surface area contributed by atoms with Crippen LogP contribution in [0.5, 0.6) is 5.75 Å². The quantitative estimate of drug-likeness (QED) is 0.834. The molecule has 1 aromatic rings. The topological polar surface area (TPSA) is 92.8 Å². The number of alkyl halides is 2. The number of hydrogen-bond donors (Lipinski definition) is 1. The van der Waals surface area contributed by atoms with Gasteiger partial charge in [0.25, 0.3) is 5.91 Å². The first-order chi connectivity index (χ1) is 11.7.